The van der Waals surface area contributed by atoms with Gasteiger partial charge in [0.25, 0.3) is 0 Å². The van der Waals surface area contributed by atoms with Gasteiger partial charge in [0.2, 0.25) is 0 Å². The van der Waals surface area contributed by atoms with E-state index in [1.54, 1.807) is 0 Å². The quantitative estimate of drug-likeness (QED) is 0.811. The molecule has 2 aliphatic heterocycles. The van der Waals surface area contributed by atoms with E-state index < -0.39 is 5.54 Å². The van der Waals surface area contributed by atoms with Gasteiger partial charge >= 0.3 is 0 Å². The first kappa shape index (κ1) is 16.4. The van der Waals surface area contributed by atoms with Crippen molar-refractivity contribution in [2.45, 2.75) is 19.4 Å². The van der Waals surface area contributed by atoms with Gasteiger partial charge in [-0.1, -0.05) is 12.1 Å². The van der Waals surface area contributed by atoms with Crippen molar-refractivity contribution in [2.24, 2.45) is 0 Å². The van der Waals surface area contributed by atoms with Gasteiger partial charge in [-0.25, -0.2) is 0 Å². The van der Waals surface area contributed by atoms with E-state index in [-0.39, 0.29) is 5.78 Å². The second kappa shape index (κ2) is 6.99. The standard InChI is InChI=1S/C18H28N4O/c1-18(2,22-13-9-20-10-14-22)17(23)15-5-3-4-6-16(15)21-11-7-19-8-12-21/h3-6,19-20H,7-14H2,1-2H3. The van der Waals surface area contributed by atoms with Crippen LogP contribution < -0.4 is 15.5 Å². The Morgan fingerprint density at radius 1 is 0.957 bits per heavy atom. The molecule has 0 saturated carbocycles. The molecule has 0 atom stereocenters. The van der Waals surface area contributed by atoms with E-state index in [0.29, 0.717) is 0 Å². The average Bonchev–Trinajstić information content (AvgIpc) is 2.62. The van der Waals surface area contributed by atoms with Crippen molar-refractivity contribution < 1.29 is 4.79 Å². The third-order valence-electron chi connectivity index (χ3n) is 5.07. The van der Waals surface area contributed by atoms with Gasteiger partial charge in [0.15, 0.2) is 5.78 Å². The number of nitrogens with zero attached hydrogens (tertiary/aromatic N) is 2. The maximum absolute atomic E-state index is 13.3. The molecule has 1 aromatic rings. The van der Waals surface area contributed by atoms with E-state index in [4.69, 9.17) is 0 Å². The maximum Gasteiger partial charge on any atom is 0.184 e. The largest absolute Gasteiger partial charge is 0.368 e. The molecule has 126 valence electrons. The molecule has 2 fully saturated rings. The van der Waals surface area contributed by atoms with Crippen molar-refractivity contribution in [1.29, 1.82) is 0 Å². The smallest absolute Gasteiger partial charge is 0.184 e. The predicted molar refractivity (Wildman–Crippen MR) is 94.4 cm³/mol. The number of nitrogens with one attached hydrogen (secondary N) is 2. The second-order valence-corrected chi connectivity index (χ2v) is 6.88. The Kier molecular flexibility index (Phi) is 4.99. The number of anilines is 1. The molecule has 0 amide bonds. The first-order valence-electron chi connectivity index (χ1n) is 8.66. The number of hydrogen-bond donors (Lipinski definition) is 2. The van der Waals surface area contributed by atoms with E-state index in [9.17, 15) is 4.79 Å². The Balaban J connectivity index is 1.86. The molecule has 23 heavy (non-hydrogen) atoms. The van der Waals surface area contributed by atoms with Crippen molar-refractivity contribution in [2.75, 3.05) is 57.3 Å². The minimum Gasteiger partial charge on any atom is -0.368 e. The first-order chi connectivity index (χ1) is 11.1. The summed E-state index contributed by atoms with van der Waals surface area (Å²) in [6, 6.07) is 8.09. The van der Waals surface area contributed by atoms with Crippen LogP contribution in [0.2, 0.25) is 0 Å². The zero-order valence-corrected chi connectivity index (χ0v) is 14.3. The molecule has 5 nitrogen and oxygen atoms in total. The number of Topliss-reactive ketones (excluding diaryl/α,β-unsaturated/α-hetero) is 1. The molecule has 0 unspecified atom stereocenters. The Labute approximate surface area is 139 Å². The predicted octanol–water partition coefficient (Wildman–Crippen LogP) is 0.963. The van der Waals surface area contributed by atoms with E-state index >= 15 is 0 Å². The monoisotopic (exact) mass is 316 g/mol. The van der Waals surface area contributed by atoms with Crippen LogP contribution in [0, 0.1) is 0 Å². The van der Waals surface area contributed by atoms with Crippen LogP contribution in [0.5, 0.6) is 0 Å². The molecule has 2 heterocycles. The molecule has 3 rings (SSSR count). The number of piperazine rings is 2. The zero-order valence-electron chi connectivity index (χ0n) is 14.3. The fourth-order valence-corrected chi connectivity index (χ4v) is 3.54. The molecular weight excluding hydrogens is 288 g/mol. The van der Waals surface area contributed by atoms with Gasteiger partial charge < -0.3 is 15.5 Å². The maximum atomic E-state index is 13.3. The van der Waals surface area contributed by atoms with Crippen molar-refractivity contribution >= 4 is 11.5 Å². The van der Waals surface area contributed by atoms with Gasteiger partial charge in [-0.2, -0.15) is 0 Å². The van der Waals surface area contributed by atoms with Crippen LogP contribution >= 0.6 is 0 Å². The lowest BCUT2D eigenvalue weighted by atomic mass is 9.89. The third kappa shape index (κ3) is 3.42. The summed E-state index contributed by atoms with van der Waals surface area (Å²) in [6.45, 7) is 11.8. The van der Waals surface area contributed by atoms with Crippen molar-refractivity contribution in [3.63, 3.8) is 0 Å². The van der Waals surface area contributed by atoms with Gasteiger partial charge in [-0.3, -0.25) is 9.69 Å². The minimum atomic E-state index is -0.466. The number of ketones is 1. The first-order valence-corrected chi connectivity index (χ1v) is 8.66. The van der Waals surface area contributed by atoms with Crippen LogP contribution in [0.4, 0.5) is 5.69 Å². The molecule has 0 spiro atoms. The fourth-order valence-electron chi connectivity index (χ4n) is 3.54. The minimum absolute atomic E-state index is 0.230. The molecule has 2 N–H and O–H groups in total. The van der Waals surface area contributed by atoms with Gasteiger partial charge in [-0.05, 0) is 26.0 Å². The SMILES string of the molecule is CC(C)(C(=O)c1ccccc1N1CCNCC1)N1CCNCC1. The van der Waals surface area contributed by atoms with Crippen molar-refractivity contribution in [1.82, 2.24) is 15.5 Å². The van der Waals surface area contributed by atoms with E-state index in [1.807, 2.05) is 18.2 Å². The molecular formula is C18H28N4O. The highest BCUT2D eigenvalue weighted by molar-refractivity contribution is 6.07. The highest BCUT2D eigenvalue weighted by Gasteiger charge is 2.37. The summed E-state index contributed by atoms with van der Waals surface area (Å²) in [5.41, 5.74) is 1.48. The summed E-state index contributed by atoms with van der Waals surface area (Å²) < 4.78 is 0. The topological polar surface area (TPSA) is 47.6 Å². The van der Waals surface area contributed by atoms with E-state index in [1.165, 1.54) is 0 Å². The normalized spacial score (nSPS) is 20.5. The number of benzene rings is 1. The summed E-state index contributed by atoms with van der Waals surface area (Å²) in [6.07, 6.45) is 0. The second-order valence-electron chi connectivity index (χ2n) is 6.88. The molecule has 0 bridgehead atoms. The van der Waals surface area contributed by atoms with Gasteiger partial charge in [0.05, 0.1) is 5.54 Å². The molecule has 2 aliphatic rings. The van der Waals surface area contributed by atoms with Crippen molar-refractivity contribution in [3.8, 4) is 0 Å². The fraction of sp³-hybridized carbons (Fsp3) is 0.611. The van der Waals surface area contributed by atoms with Crippen LogP contribution in [0.25, 0.3) is 0 Å². The van der Waals surface area contributed by atoms with E-state index in [0.717, 1.165) is 63.6 Å². The lowest BCUT2D eigenvalue weighted by Crippen LogP contribution is -2.57. The number of carbonyl (C=O) groups is 1. The summed E-state index contributed by atoms with van der Waals surface area (Å²) in [5.74, 6) is 0.230. The van der Waals surface area contributed by atoms with Crippen LogP contribution in [-0.2, 0) is 0 Å². The number of rotatable bonds is 4. The lowest BCUT2D eigenvalue weighted by Gasteiger charge is -2.41. The summed E-state index contributed by atoms with van der Waals surface area (Å²) in [5, 5.41) is 6.73. The van der Waals surface area contributed by atoms with E-state index in [2.05, 4.69) is 40.3 Å². The van der Waals surface area contributed by atoms with Gasteiger partial charge in [-0.15, -0.1) is 0 Å². The Morgan fingerprint density at radius 2 is 1.52 bits per heavy atom. The van der Waals surface area contributed by atoms with Crippen LogP contribution in [-0.4, -0.2) is 68.6 Å². The summed E-state index contributed by atoms with van der Waals surface area (Å²) in [7, 11) is 0. The van der Waals surface area contributed by atoms with Crippen LogP contribution in [0.1, 0.15) is 24.2 Å². The number of para-hydroxylation sites is 1. The summed E-state index contributed by atoms with van der Waals surface area (Å²) >= 11 is 0. The van der Waals surface area contributed by atoms with Gasteiger partial charge in [0.1, 0.15) is 0 Å². The lowest BCUT2D eigenvalue weighted by molar-refractivity contribution is 0.0603. The van der Waals surface area contributed by atoms with Gasteiger partial charge in [0, 0.05) is 63.6 Å². The van der Waals surface area contributed by atoms with Crippen molar-refractivity contribution in [3.05, 3.63) is 29.8 Å². The molecule has 1 aromatic carbocycles. The summed E-state index contributed by atoms with van der Waals surface area (Å²) in [4.78, 5) is 18.0. The highest BCUT2D eigenvalue weighted by Crippen LogP contribution is 2.28. The number of hydrogen-bond acceptors (Lipinski definition) is 5. The van der Waals surface area contributed by atoms with Crippen LogP contribution in [0.3, 0.4) is 0 Å². The Hall–Kier alpha value is -1.43. The molecule has 2 saturated heterocycles. The Morgan fingerprint density at radius 3 is 2.17 bits per heavy atom. The molecule has 0 radical (unpaired) electrons. The highest BCUT2D eigenvalue weighted by atomic mass is 16.1. The number of carbonyl (C=O) groups excluding carboxylic acids is 1. The molecule has 0 aromatic heterocycles. The van der Waals surface area contributed by atoms with Crippen LogP contribution in [0.15, 0.2) is 24.3 Å². The molecule has 5 heteroatoms. The Bertz CT molecular complexity index is 546. The molecule has 0 aliphatic carbocycles. The third-order valence-corrected chi connectivity index (χ3v) is 5.07. The zero-order chi connectivity index (χ0) is 16.3. The average molecular weight is 316 g/mol.